The van der Waals surface area contributed by atoms with Gasteiger partial charge in [0.1, 0.15) is 0 Å². The molecule has 0 atom stereocenters. The molecular weight excluding hydrogens is 246 g/mol. The summed E-state index contributed by atoms with van der Waals surface area (Å²) in [6, 6.07) is 7.74. The van der Waals surface area contributed by atoms with Gasteiger partial charge in [0.15, 0.2) is 0 Å². The van der Waals surface area contributed by atoms with E-state index in [1.54, 1.807) is 13.0 Å². The number of thiol groups is 1. The molecule has 94 valence electrons. The third kappa shape index (κ3) is 4.59. The van der Waals surface area contributed by atoms with Crippen molar-refractivity contribution >= 4 is 12.6 Å². The minimum Gasteiger partial charge on any atom is -0.258 e. The molecule has 4 heteroatoms. The summed E-state index contributed by atoms with van der Waals surface area (Å²) in [5, 5.41) is 10.6. The van der Waals surface area contributed by atoms with Crippen LogP contribution >= 0.6 is 12.6 Å². The minimum atomic E-state index is -0.419. The van der Waals surface area contributed by atoms with Gasteiger partial charge in [-0.15, -0.1) is 12.6 Å². The third-order valence-corrected chi connectivity index (χ3v) is 2.62. The molecular formula is C14H15NO2S. The van der Waals surface area contributed by atoms with Crippen molar-refractivity contribution in [3.63, 3.8) is 0 Å². The molecule has 0 N–H and O–H groups in total. The highest BCUT2D eigenvalue weighted by molar-refractivity contribution is 7.80. The monoisotopic (exact) mass is 261 g/mol. The molecule has 0 aromatic heterocycles. The van der Waals surface area contributed by atoms with Crippen LogP contribution in [0.2, 0.25) is 0 Å². The summed E-state index contributed by atoms with van der Waals surface area (Å²) in [5.74, 6) is 0. The summed E-state index contributed by atoms with van der Waals surface area (Å²) in [5.41, 5.74) is 1.97. The van der Waals surface area contributed by atoms with Crippen molar-refractivity contribution in [2.75, 3.05) is 0 Å². The number of allylic oxidation sites excluding steroid dienone is 4. The maximum Gasteiger partial charge on any atom is 0.265 e. The molecule has 0 aliphatic carbocycles. The normalized spacial score (nSPS) is 11.8. The van der Waals surface area contributed by atoms with E-state index in [1.165, 1.54) is 12.2 Å². The zero-order valence-electron chi connectivity index (χ0n) is 10.2. The fourth-order valence-corrected chi connectivity index (χ4v) is 1.71. The van der Waals surface area contributed by atoms with Crippen LogP contribution in [-0.4, -0.2) is 4.92 Å². The van der Waals surface area contributed by atoms with Gasteiger partial charge >= 0.3 is 0 Å². The number of nitrogens with zero attached hydrogens (tertiary/aromatic N) is 1. The van der Waals surface area contributed by atoms with E-state index in [9.17, 15) is 10.1 Å². The smallest absolute Gasteiger partial charge is 0.258 e. The van der Waals surface area contributed by atoms with E-state index in [0.717, 1.165) is 16.0 Å². The molecule has 0 spiro atoms. The van der Waals surface area contributed by atoms with Crippen LogP contribution in [0.1, 0.15) is 12.5 Å². The van der Waals surface area contributed by atoms with Crippen molar-refractivity contribution in [2.24, 2.45) is 0 Å². The summed E-state index contributed by atoms with van der Waals surface area (Å²) >= 11 is 4.26. The predicted octanol–water partition coefficient (Wildman–Crippen LogP) is 3.81. The van der Waals surface area contributed by atoms with Crippen LogP contribution < -0.4 is 0 Å². The molecule has 3 nitrogen and oxygen atoms in total. The number of rotatable bonds is 5. The first-order valence-corrected chi connectivity index (χ1v) is 5.92. The third-order valence-electron chi connectivity index (χ3n) is 2.34. The van der Waals surface area contributed by atoms with Gasteiger partial charge in [0.2, 0.25) is 0 Å². The number of hydrogen-bond acceptors (Lipinski definition) is 3. The fraction of sp³-hybridized carbons (Fsp3) is 0.143. The maximum atomic E-state index is 10.6. The lowest BCUT2D eigenvalue weighted by Gasteiger charge is -2.01. The average molecular weight is 261 g/mol. The van der Waals surface area contributed by atoms with Gasteiger partial charge in [0.25, 0.3) is 5.70 Å². The van der Waals surface area contributed by atoms with Gasteiger partial charge in [0, 0.05) is 11.0 Å². The highest BCUT2D eigenvalue weighted by Gasteiger charge is 2.03. The number of nitro groups is 1. The molecule has 0 fully saturated rings. The van der Waals surface area contributed by atoms with Gasteiger partial charge in [-0.2, -0.15) is 0 Å². The standard InChI is InChI=1S/C14H15NO2S/c1-3-13(15(16)17)8-7-11(2)9-12-5-4-6-14(18)10-12/h3-8,10,18H,2,9H2,1H3/b8-7-,13-3+. The fourth-order valence-electron chi connectivity index (χ4n) is 1.45. The van der Waals surface area contributed by atoms with Crippen molar-refractivity contribution in [3.8, 4) is 0 Å². The Morgan fingerprint density at radius 2 is 2.22 bits per heavy atom. The average Bonchev–Trinajstić information content (AvgIpc) is 2.29. The molecule has 0 heterocycles. The second-order valence-corrected chi connectivity index (χ2v) is 4.33. The quantitative estimate of drug-likeness (QED) is 0.379. The molecule has 0 amide bonds. The molecule has 0 saturated carbocycles. The van der Waals surface area contributed by atoms with Crippen LogP contribution in [0.5, 0.6) is 0 Å². The van der Waals surface area contributed by atoms with E-state index in [2.05, 4.69) is 19.2 Å². The minimum absolute atomic E-state index is 0.0686. The Hall–Kier alpha value is -1.81. The molecule has 1 aromatic carbocycles. The Labute approximate surface area is 112 Å². The second kappa shape index (κ2) is 6.81. The Balaban J connectivity index is 2.67. The molecule has 1 rings (SSSR count). The highest BCUT2D eigenvalue weighted by atomic mass is 32.1. The maximum absolute atomic E-state index is 10.6. The topological polar surface area (TPSA) is 43.1 Å². The Kier molecular flexibility index (Phi) is 5.39. The summed E-state index contributed by atoms with van der Waals surface area (Å²) < 4.78 is 0. The van der Waals surface area contributed by atoms with Gasteiger partial charge in [-0.05, 0) is 37.1 Å². The van der Waals surface area contributed by atoms with Crippen molar-refractivity contribution < 1.29 is 4.92 Å². The molecule has 0 saturated heterocycles. The molecule has 0 unspecified atom stereocenters. The lowest BCUT2D eigenvalue weighted by molar-refractivity contribution is -0.419. The molecule has 0 aliphatic heterocycles. The lowest BCUT2D eigenvalue weighted by Crippen LogP contribution is -1.95. The van der Waals surface area contributed by atoms with Crippen LogP contribution in [0.3, 0.4) is 0 Å². The summed E-state index contributed by atoms with van der Waals surface area (Å²) in [4.78, 5) is 11.1. The van der Waals surface area contributed by atoms with E-state index < -0.39 is 4.92 Å². The first kappa shape index (κ1) is 14.3. The second-order valence-electron chi connectivity index (χ2n) is 3.81. The van der Waals surface area contributed by atoms with Crippen LogP contribution in [0.15, 0.2) is 65.2 Å². The van der Waals surface area contributed by atoms with Gasteiger partial charge in [-0.25, -0.2) is 0 Å². The van der Waals surface area contributed by atoms with Gasteiger partial charge in [0.05, 0.1) is 4.92 Å². The zero-order valence-corrected chi connectivity index (χ0v) is 11.1. The first-order valence-electron chi connectivity index (χ1n) is 5.47. The van der Waals surface area contributed by atoms with E-state index in [-0.39, 0.29) is 5.70 Å². The van der Waals surface area contributed by atoms with Crippen molar-refractivity contribution in [2.45, 2.75) is 18.2 Å². The van der Waals surface area contributed by atoms with Crippen molar-refractivity contribution in [3.05, 3.63) is 76.0 Å². The van der Waals surface area contributed by atoms with Crippen LogP contribution in [0.25, 0.3) is 0 Å². The Morgan fingerprint density at radius 1 is 1.50 bits per heavy atom. The van der Waals surface area contributed by atoms with Gasteiger partial charge in [-0.1, -0.05) is 30.4 Å². The first-order chi connectivity index (χ1) is 8.52. The molecule has 0 aliphatic rings. The largest absolute Gasteiger partial charge is 0.265 e. The molecule has 1 aromatic rings. The number of benzene rings is 1. The van der Waals surface area contributed by atoms with Crippen LogP contribution in [0.4, 0.5) is 0 Å². The van der Waals surface area contributed by atoms with Gasteiger partial charge < -0.3 is 0 Å². The summed E-state index contributed by atoms with van der Waals surface area (Å²) in [6.07, 6.45) is 5.24. The SMILES string of the molecule is C=C(/C=C\C(=C/C)[N+](=O)[O-])Cc1cccc(S)c1. The van der Waals surface area contributed by atoms with Gasteiger partial charge in [-0.3, -0.25) is 10.1 Å². The molecule has 18 heavy (non-hydrogen) atoms. The summed E-state index contributed by atoms with van der Waals surface area (Å²) in [6.45, 7) is 5.52. The highest BCUT2D eigenvalue weighted by Crippen LogP contribution is 2.13. The van der Waals surface area contributed by atoms with E-state index in [0.29, 0.717) is 6.42 Å². The Bertz CT molecular complexity index is 518. The zero-order chi connectivity index (χ0) is 13.5. The van der Waals surface area contributed by atoms with E-state index in [4.69, 9.17) is 0 Å². The summed E-state index contributed by atoms with van der Waals surface area (Å²) in [7, 11) is 0. The Morgan fingerprint density at radius 3 is 2.78 bits per heavy atom. The van der Waals surface area contributed by atoms with Crippen molar-refractivity contribution in [1.82, 2.24) is 0 Å². The number of hydrogen-bond donors (Lipinski definition) is 1. The molecule has 0 radical (unpaired) electrons. The lowest BCUT2D eigenvalue weighted by atomic mass is 10.1. The predicted molar refractivity (Wildman–Crippen MR) is 76.4 cm³/mol. The van der Waals surface area contributed by atoms with Crippen LogP contribution in [0, 0.1) is 10.1 Å². The molecule has 0 bridgehead atoms. The van der Waals surface area contributed by atoms with E-state index >= 15 is 0 Å². The van der Waals surface area contributed by atoms with Crippen LogP contribution in [-0.2, 0) is 6.42 Å². The van der Waals surface area contributed by atoms with Crippen molar-refractivity contribution in [1.29, 1.82) is 0 Å². The van der Waals surface area contributed by atoms with E-state index in [1.807, 2.05) is 24.3 Å².